The summed E-state index contributed by atoms with van der Waals surface area (Å²) >= 11 is 0. The van der Waals surface area contributed by atoms with Crippen LogP contribution >= 0.6 is 0 Å². The Balaban J connectivity index is 2.20. The molecule has 1 heterocycles. The molecular weight excluding hydrogens is 218 g/mol. The maximum absolute atomic E-state index is 11.8. The van der Waals surface area contributed by atoms with Crippen molar-refractivity contribution in [2.24, 2.45) is 0 Å². The van der Waals surface area contributed by atoms with Crippen LogP contribution in [0.25, 0.3) is 10.8 Å². The summed E-state index contributed by atoms with van der Waals surface area (Å²) in [4.78, 5) is 23.4. The number of rotatable bonds is 2. The van der Waals surface area contributed by atoms with E-state index in [0.29, 0.717) is 16.8 Å². The molecule has 0 atom stereocenters. The van der Waals surface area contributed by atoms with Crippen molar-refractivity contribution in [1.29, 1.82) is 0 Å². The molecule has 2 aromatic rings. The average Bonchev–Trinajstić information content (AvgIpc) is 2.29. The second-order valence-corrected chi connectivity index (χ2v) is 4.41. The molecule has 0 bridgehead atoms. The fourth-order valence-electron chi connectivity index (χ4n) is 2.12. The number of hydrogen-bond donors (Lipinski definition) is 3. The summed E-state index contributed by atoms with van der Waals surface area (Å²) in [5.41, 5.74) is 0.221. The molecule has 0 unspecified atom stereocenters. The lowest BCUT2D eigenvalue weighted by Gasteiger charge is -2.27. The van der Waals surface area contributed by atoms with E-state index >= 15 is 0 Å². The standard InChI is InChI=1S/C12H13N3O2/c16-11-8-5-2-6-9(13-7-3-1-4-7)10(8)12(17)15-14-11/h2,5-7,13H,1,3-4H2,(H,14,16)(H,15,17). The first kappa shape index (κ1) is 10.1. The third kappa shape index (κ3) is 1.63. The number of H-pyrrole nitrogens is 2. The van der Waals surface area contributed by atoms with Gasteiger partial charge in [0.1, 0.15) is 0 Å². The van der Waals surface area contributed by atoms with E-state index in [4.69, 9.17) is 0 Å². The molecule has 1 aliphatic rings. The predicted molar refractivity (Wildman–Crippen MR) is 66.5 cm³/mol. The Morgan fingerprint density at radius 3 is 2.59 bits per heavy atom. The summed E-state index contributed by atoms with van der Waals surface area (Å²) in [6.45, 7) is 0. The van der Waals surface area contributed by atoms with Crippen molar-refractivity contribution < 1.29 is 0 Å². The van der Waals surface area contributed by atoms with Crippen molar-refractivity contribution in [2.75, 3.05) is 5.32 Å². The van der Waals surface area contributed by atoms with E-state index in [-0.39, 0.29) is 11.1 Å². The lowest BCUT2D eigenvalue weighted by Crippen LogP contribution is -2.28. The molecule has 1 aliphatic carbocycles. The molecule has 3 N–H and O–H groups in total. The minimum Gasteiger partial charge on any atom is -0.382 e. The Hall–Kier alpha value is -2.04. The first-order valence-electron chi connectivity index (χ1n) is 5.76. The average molecular weight is 231 g/mol. The normalized spacial score (nSPS) is 15.8. The zero-order valence-electron chi connectivity index (χ0n) is 9.25. The smallest absolute Gasteiger partial charge is 0.272 e. The van der Waals surface area contributed by atoms with Crippen molar-refractivity contribution in [2.45, 2.75) is 25.3 Å². The lowest BCUT2D eigenvalue weighted by atomic mass is 9.92. The van der Waals surface area contributed by atoms with Gasteiger partial charge in [-0.3, -0.25) is 19.8 Å². The van der Waals surface area contributed by atoms with Gasteiger partial charge in [0.2, 0.25) is 0 Å². The molecule has 5 nitrogen and oxygen atoms in total. The maximum Gasteiger partial charge on any atom is 0.272 e. The molecule has 1 fully saturated rings. The highest BCUT2D eigenvalue weighted by atomic mass is 16.1. The van der Waals surface area contributed by atoms with E-state index < -0.39 is 0 Å². The number of aromatic amines is 2. The summed E-state index contributed by atoms with van der Waals surface area (Å²) in [6.07, 6.45) is 3.47. The molecule has 0 saturated heterocycles. The Morgan fingerprint density at radius 1 is 1.12 bits per heavy atom. The van der Waals surface area contributed by atoms with Crippen LogP contribution in [0.3, 0.4) is 0 Å². The van der Waals surface area contributed by atoms with Crippen LogP contribution in [0.2, 0.25) is 0 Å². The number of anilines is 1. The van der Waals surface area contributed by atoms with Crippen LogP contribution in [0.4, 0.5) is 5.69 Å². The van der Waals surface area contributed by atoms with Gasteiger partial charge in [0.15, 0.2) is 0 Å². The SMILES string of the molecule is O=c1[nH][nH]c(=O)c2c(NC3CCC3)cccc12. The number of hydrogen-bond acceptors (Lipinski definition) is 3. The molecule has 1 aromatic heterocycles. The first-order valence-corrected chi connectivity index (χ1v) is 5.76. The van der Waals surface area contributed by atoms with Gasteiger partial charge < -0.3 is 5.32 Å². The van der Waals surface area contributed by atoms with Gasteiger partial charge in [-0.15, -0.1) is 0 Å². The number of fused-ring (bicyclic) bond motifs is 1. The Labute approximate surface area is 96.8 Å². The predicted octanol–water partition coefficient (Wildman–Crippen LogP) is 1.18. The van der Waals surface area contributed by atoms with Crippen LogP contribution in [0, 0.1) is 0 Å². The van der Waals surface area contributed by atoms with Gasteiger partial charge in [-0.1, -0.05) is 6.07 Å². The summed E-state index contributed by atoms with van der Waals surface area (Å²) in [6, 6.07) is 5.72. The number of aromatic nitrogens is 2. The summed E-state index contributed by atoms with van der Waals surface area (Å²) in [5.74, 6) is 0. The number of nitrogens with one attached hydrogen (secondary N) is 3. The molecule has 1 saturated carbocycles. The highest BCUT2D eigenvalue weighted by Gasteiger charge is 2.18. The highest BCUT2D eigenvalue weighted by Crippen LogP contribution is 2.25. The molecular formula is C12H13N3O2. The Bertz CT molecular complexity index is 667. The lowest BCUT2D eigenvalue weighted by molar-refractivity contribution is 0.446. The van der Waals surface area contributed by atoms with E-state index in [1.165, 1.54) is 6.42 Å². The molecule has 0 radical (unpaired) electrons. The monoisotopic (exact) mass is 231 g/mol. The highest BCUT2D eigenvalue weighted by molar-refractivity contribution is 5.92. The fraction of sp³-hybridized carbons (Fsp3) is 0.333. The van der Waals surface area contributed by atoms with Crippen LogP contribution in [0.5, 0.6) is 0 Å². The molecule has 3 rings (SSSR count). The topological polar surface area (TPSA) is 77.8 Å². The van der Waals surface area contributed by atoms with Gasteiger partial charge in [-0.25, -0.2) is 0 Å². The largest absolute Gasteiger partial charge is 0.382 e. The van der Waals surface area contributed by atoms with E-state index in [9.17, 15) is 9.59 Å². The van der Waals surface area contributed by atoms with Crippen molar-refractivity contribution in [3.63, 3.8) is 0 Å². The fourth-order valence-corrected chi connectivity index (χ4v) is 2.12. The van der Waals surface area contributed by atoms with Crippen LogP contribution in [0.15, 0.2) is 27.8 Å². The van der Waals surface area contributed by atoms with Crippen LogP contribution in [-0.4, -0.2) is 16.2 Å². The molecule has 17 heavy (non-hydrogen) atoms. The van der Waals surface area contributed by atoms with E-state index in [2.05, 4.69) is 15.5 Å². The van der Waals surface area contributed by atoms with Gasteiger partial charge in [-0.05, 0) is 31.4 Å². The Kier molecular flexibility index (Phi) is 2.24. The van der Waals surface area contributed by atoms with Gasteiger partial charge in [-0.2, -0.15) is 0 Å². The van der Waals surface area contributed by atoms with Crippen molar-refractivity contribution >= 4 is 16.5 Å². The van der Waals surface area contributed by atoms with Gasteiger partial charge in [0, 0.05) is 11.7 Å². The van der Waals surface area contributed by atoms with Crippen molar-refractivity contribution in [3.8, 4) is 0 Å². The van der Waals surface area contributed by atoms with Crippen LogP contribution in [0.1, 0.15) is 19.3 Å². The zero-order chi connectivity index (χ0) is 11.8. The van der Waals surface area contributed by atoms with Gasteiger partial charge in [0.05, 0.1) is 10.8 Å². The maximum atomic E-state index is 11.8. The summed E-state index contributed by atoms with van der Waals surface area (Å²) in [7, 11) is 0. The summed E-state index contributed by atoms with van der Waals surface area (Å²) < 4.78 is 0. The molecule has 0 amide bonds. The van der Waals surface area contributed by atoms with E-state index in [0.717, 1.165) is 18.5 Å². The summed E-state index contributed by atoms with van der Waals surface area (Å²) in [5, 5.41) is 8.88. The van der Waals surface area contributed by atoms with E-state index in [1.54, 1.807) is 12.1 Å². The molecule has 5 heteroatoms. The van der Waals surface area contributed by atoms with Gasteiger partial charge in [0.25, 0.3) is 11.1 Å². The van der Waals surface area contributed by atoms with E-state index in [1.807, 2.05) is 6.07 Å². The quantitative estimate of drug-likeness (QED) is 0.726. The number of benzene rings is 1. The molecule has 0 aliphatic heterocycles. The molecule has 1 aromatic carbocycles. The second-order valence-electron chi connectivity index (χ2n) is 4.41. The first-order chi connectivity index (χ1) is 8.25. The van der Waals surface area contributed by atoms with Gasteiger partial charge >= 0.3 is 0 Å². The minimum atomic E-state index is -0.267. The second kappa shape index (κ2) is 3.76. The molecule has 88 valence electrons. The third-order valence-corrected chi connectivity index (χ3v) is 3.29. The van der Waals surface area contributed by atoms with Crippen LogP contribution in [-0.2, 0) is 0 Å². The van der Waals surface area contributed by atoms with Crippen molar-refractivity contribution in [1.82, 2.24) is 10.2 Å². The third-order valence-electron chi connectivity index (χ3n) is 3.29. The van der Waals surface area contributed by atoms with Crippen molar-refractivity contribution in [3.05, 3.63) is 38.9 Å². The zero-order valence-corrected chi connectivity index (χ0v) is 9.25. The Morgan fingerprint density at radius 2 is 1.88 bits per heavy atom. The molecule has 0 spiro atoms. The van der Waals surface area contributed by atoms with Crippen LogP contribution < -0.4 is 16.4 Å². The minimum absolute atomic E-state index is 0.262.